The summed E-state index contributed by atoms with van der Waals surface area (Å²) in [5, 5.41) is 3.50. The summed E-state index contributed by atoms with van der Waals surface area (Å²) in [6.07, 6.45) is 4.17. The molecular formula is C11H24N2. The van der Waals surface area contributed by atoms with E-state index in [0.29, 0.717) is 11.5 Å². The molecule has 2 nitrogen and oxygen atoms in total. The third-order valence-corrected chi connectivity index (χ3v) is 3.55. The molecule has 0 aliphatic heterocycles. The minimum absolute atomic E-state index is 0.469. The normalized spacial score (nSPS) is 29.1. The molecule has 1 rings (SSSR count). The molecule has 13 heavy (non-hydrogen) atoms. The molecule has 1 fully saturated rings. The van der Waals surface area contributed by atoms with Crippen LogP contribution in [-0.4, -0.2) is 19.1 Å². The first-order valence-corrected chi connectivity index (χ1v) is 5.49. The lowest BCUT2D eigenvalue weighted by Crippen LogP contribution is -2.38. The largest absolute Gasteiger partial charge is 0.329 e. The highest BCUT2D eigenvalue weighted by Gasteiger charge is 2.33. The van der Waals surface area contributed by atoms with Gasteiger partial charge in [-0.15, -0.1) is 0 Å². The molecule has 0 amide bonds. The maximum absolute atomic E-state index is 5.56. The van der Waals surface area contributed by atoms with E-state index in [1.807, 2.05) is 0 Å². The van der Waals surface area contributed by atoms with Gasteiger partial charge in [-0.2, -0.15) is 0 Å². The average molecular weight is 184 g/mol. The average Bonchev–Trinajstić information content (AvgIpc) is 2.41. The third-order valence-electron chi connectivity index (χ3n) is 3.55. The second-order valence-corrected chi connectivity index (χ2v) is 5.12. The van der Waals surface area contributed by atoms with E-state index < -0.39 is 0 Å². The first-order valence-electron chi connectivity index (χ1n) is 5.49. The van der Waals surface area contributed by atoms with E-state index in [-0.39, 0.29) is 0 Å². The Labute approximate surface area is 82.3 Å². The molecule has 1 unspecified atom stereocenters. The summed E-state index contributed by atoms with van der Waals surface area (Å²) in [5.41, 5.74) is 6.10. The lowest BCUT2D eigenvalue weighted by Gasteiger charge is -2.28. The molecule has 0 aromatic rings. The van der Waals surface area contributed by atoms with Crippen molar-refractivity contribution in [1.82, 2.24) is 5.32 Å². The predicted molar refractivity (Wildman–Crippen MR) is 57.6 cm³/mol. The zero-order valence-electron chi connectivity index (χ0n) is 9.27. The zero-order valence-corrected chi connectivity index (χ0v) is 9.27. The Balaban J connectivity index is 2.28. The molecule has 0 heterocycles. The molecule has 1 aliphatic carbocycles. The number of hydrogen-bond acceptors (Lipinski definition) is 2. The van der Waals surface area contributed by atoms with Gasteiger partial charge in [0.05, 0.1) is 0 Å². The van der Waals surface area contributed by atoms with Crippen molar-refractivity contribution >= 4 is 0 Å². The van der Waals surface area contributed by atoms with E-state index in [1.165, 1.54) is 19.3 Å². The molecule has 0 aromatic heterocycles. The van der Waals surface area contributed by atoms with Crippen LogP contribution < -0.4 is 11.1 Å². The predicted octanol–water partition coefficient (Wildman–Crippen LogP) is 1.75. The fourth-order valence-corrected chi connectivity index (χ4v) is 2.20. The Morgan fingerprint density at radius 2 is 2.23 bits per heavy atom. The number of nitrogens with one attached hydrogen (secondary N) is 1. The smallest absolute Gasteiger partial charge is 0.0162 e. The molecule has 0 spiro atoms. The molecule has 3 N–H and O–H groups in total. The Morgan fingerprint density at radius 3 is 2.69 bits per heavy atom. The van der Waals surface area contributed by atoms with Crippen molar-refractivity contribution in [2.75, 3.05) is 13.1 Å². The Hall–Kier alpha value is -0.0800. The third kappa shape index (κ3) is 2.96. The molecule has 0 radical (unpaired) electrons. The summed E-state index contributed by atoms with van der Waals surface area (Å²) in [7, 11) is 0. The van der Waals surface area contributed by atoms with Crippen LogP contribution in [-0.2, 0) is 0 Å². The van der Waals surface area contributed by atoms with Crippen LogP contribution in [0.2, 0.25) is 0 Å². The number of rotatable bonds is 4. The highest BCUT2D eigenvalue weighted by atomic mass is 14.9. The standard InChI is InChI=1S/C11H24N2/c1-9(7-12)13-8-10-5-4-6-11(10,2)3/h9-10,13H,4-8,12H2,1-3H3/t9-,10?/m0/s1. The van der Waals surface area contributed by atoms with Crippen molar-refractivity contribution in [3.8, 4) is 0 Å². The lowest BCUT2D eigenvalue weighted by molar-refractivity contribution is 0.246. The summed E-state index contributed by atoms with van der Waals surface area (Å²) in [6, 6.07) is 0.469. The fraction of sp³-hybridized carbons (Fsp3) is 1.00. The first-order chi connectivity index (χ1) is 6.06. The molecule has 78 valence electrons. The van der Waals surface area contributed by atoms with Gasteiger partial charge in [-0.05, 0) is 37.6 Å². The van der Waals surface area contributed by atoms with Crippen molar-refractivity contribution in [1.29, 1.82) is 0 Å². The topological polar surface area (TPSA) is 38.0 Å². The Bertz CT molecular complexity index is 154. The van der Waals surface area contributed by atoms with E-state index in [9.17, 15) is 0 Å². The van der Waals surface area contributed by atoms with Gasteiger partial charge in [0.1, 0.15) is 0 Å². The van der Waals surface area contributed by atoms with Crippen molar-refractivity contribution < 1.29 is 0 Å². The molecule has 2 atom stereocenters. The van der Waals surface area contributed by atoms with E-state index in [2.05, 4.69) is 26.1 Å². The molecule has 0 aromatic carbocycles. The van der Waals surface area contributed by atoms with Crippen LogP contribution in [0, 0.1) is 11.3 Å². The minimum Gasteiger partial charge on any atom is -0.329 e. The Kier molecular flexibility index (Phi) is 3.74. The van der Waals surface area contributed by atoms with Crippen LogP contribution in [0.1, 0.15) is 40.0 Å². The molecule has 1 saturated carbocycles. The second-order valence-electron chi connectivity index (χ2n) is 5.12. The molecule has 0 saturated heterocycles. The van der Waals surface area contributed by atoms with Crippen LogP contribution in [0.4, 0.5) is 0 Å². The Morgan fingerprint density at radius 1 is 1.54 bits per heavy atom. The van der Waals surface area contributed by atoms with Crippen molar-refractivity contribution in [3.63, 3.8) is 0 Å². The van der Waals surface area contributed by atoms with Gasteiger partial charge in [0.2, 0.25) is 0 Å². The minimum atomic E-state index is 0.469. The quantitative estimate of drug-likeness (QED) is 0.698. The molecule has 1 aliphatic rings. The summed E-state index contributed by atoms with van der Waals surface area (Å²) in [6.45, 7) is 8.82. The zero-order chi connectivity index (χ0) is 9.90. The van der Waals surface area contributed by atoms with Gasteiger partial charge in [0.15, 0.2) is 0 Å². The van der Waals surface area contributed by atoms with Crippen LogP contribution in [0.25, 0.3) is 0 Å². The number of hydrogen-bond donors (Lipinski definition) is 2. The summed E-state index contributed by atoms with van der Waals surface area (Å²) < 4.78 is 0. The fourth-order valence-electron chi connectivity index (χ4n) is 2.20. The van der Waals surface area contributed by atoms with Gasteiger partial charge in [-0.3, -0.25) is 0 Å². The lowest BCUT2D eigenvalue weighted by atomic mass is 9.82. The second kappa shape index (κ2) is 4.43. The van der Waals surface area contributed by atoms with E-state index >= 15 is 0 Å². The summed E-state index contributed by atoms with van der Waals surface area (Å²) in [4.78, 5) is 0. The van der Waals surface area contributed by atoms with E-state index in [1.54, 1.807) is 0 Å². The summed E-state index contributed by atoms with van der Waals surface area (Å²) >= 11 is 0. The maximum Gasteiger partial charge on any atom is 0.0162 e. The van der Waals surface area contributed by atoms with Crippen LogP contribution in [0.15, 0.2) is 0 Å². The number of nitrogens with two attached hydrogens (primary N) is 1. The van der Waals surface area contributed by atoms with Gasteiger partial charge in [0, 0.05) is 12.6 Å². The molecule has 0 bridgehead atoms. The van der Waals surface area contributed by atoms with Crippen LogP contribution >= 0.6 is 0 Å². The van der Waals surface area contributed by atoms with Crippen molar-refractivity contribution in [2.45, 2.75) is 46.1 Å². The van der Waals surface area contributed by atoms with E-state index in [0.717, 1.165) is 19.0 Å². The SMILES string of the molecule is C[C@@H](CN)NCC1CCCC1(C)C. The van der Waals surface area contributed by atoms with Crippen LogP contribution in [0.3, 0.4) is 0 Å². The van der Waals surface area contributed by atoms with Crippen molar-refractivity contribution in [3.05, 3.63) is 0 Å². The monoisotopic (exact) mass is 184 g/mol. The first kappa shape index (κ1) is 11.0. The highest BCUT2D eigenvalue weighted by Crippen LogP contribution is 2.41. The summed E-state index contributed by atoms with van der Waals surface area (Å²) in [5.74, 6) is 0.849. The van der Waals surface area contributed by atoms with Crippen LogP contribution in [0.5, 0.6) is 0 Å². The molecule has 2 heteroatoms. The van der Waals surface area contributed by atoms with E-state index in [4.69, 9.17) is 5.73 Å². The van der Waals surface area contributed by atoms with Gasteiger partial charge in [-0.1, -0.05) is 20.3 Å². The van der Waals surface area contributed by atoms with Gasteiger partial charge >= 0.3 is 0 Å². The van der Waals surface area contributed by atoms with Gasteiger partial charge in [0.25, 0.3) is 0 Å². The van der Waals surface area contributed by atoms with Gasteiger partial charge in [-0.25, -0.2) is 0 Å². The maximum atomic E-state index is 5.56. The van der Waals surface area contributed by atoms with Gasteiger partial charge < -0.3 is 11.1 Å². The van der Waals surface area contributed by atoms with Crippen molar-refractivity contribution in [2.24, 2.45) is 17.1 Å². The highest BCUT2D eigenvalue weighted by molar-refractivity contribution is 4.86. The molecular weight excluding hydrogens is 160 g/mol.